The lowest BCUT2D eigenvalue weighted by atomic mass is 10.1. The molecule has 0 aliphatic heterocycles. The summed E-state index contributed by atoms with van der Waals surface area (Å²) < 4.78 is 4.40. The normalized spacial score (nSPS) is 12.4. The van der Waals surface area contributed by atoms with Crippen LogP contribution in [-0.2, 0) is 13.1 Å². The van der Waals surface area contributed by atoms with Crippen molar-refractivity contribution in [3.05, 3.63) is 79.5 Å². The summed E-state index contributed by atoms with van der Waals surface area (Å²) in [6, 6.07) is 11.0. The largest absolute Gasteiger partial charge is 0.352 e. The number of carbonyl (C=O) groups is 1. The van der Waals surface area contributed by atoms with Crippen LogP contribution in [-0.4, -0.2) is 30.7 Å². The molecule has 2 aromatic carbocycles. The minimum absolute atomic E-state index is 0.0174. The number of fused-ring (bicyclic) bond motifs is 3. The third-order valence-electron chi connectivity index (χ3n) is 6.30. The van der Waals surface area contributed by atoms with Crippen molar-refractivity contribution < 1.29 is 4.79 Å². The van der Waals surface area contributed by atoms with E-state index >= 15 is 0 Å². The first-order valence-electron chi connectivity index (χ1n) is 11.8. The van der Waals surface area contributed by atoms with Gasteiger partial charge in [0.25, 0.3) is 11.5 Å². The van der Waals surface area contributed by atoms with Gasteiger partial charge in [-0.15, -0.1) is 5.10 Å². The van der Waals surface area contributed by atoms with E-state index in [1.54, 1.807) is 22.8 Å². The summed E-state index contributed by atoms with van der Waals surface area (Å²) in [5.41, 5.74) is 3.38. The van der Waals surface area contributed by atoms with Gasteiger partial charge in [0.15, 0.2) is 0 Å². The zero-order chi connectivity index (χ0) is 24.6. The fourth-order valence-corrected chi connectivity index (χ4v) is 4.13. The number of aryl methyl sites for hydroxylation is 3. The predicted octanol–water partition coefficient (Wildman–Crippen LogP) is 3.41. The van der Waals surface area contributed by atoms with E-state index in [1.807, 2.05) is 52.8 Å². The zero-order valence-corrected chi connectivity index (χ0v) is 20.4. The Bertz CT molecular complexity index is 1510. The maximum absolute atomic E-state index is 13.6. The van der Waals surface area contributed by atoms with Gasteiger partial charge in [0.2, 0.25) is 5.78 Å². The maximum atomic E-state index is 13.6. The number of carbonyl (C=O) groups excluding carboxylic acids is 1. The molecule has 178 valence electrons. The fourth-order valence-electron chi connectivity index (χ4n) is 4.13. The summed E-state index contributed by atoms with van der Waals surface area (Å²) in [7, 11) is 0. The third kappa shape index (κ3) is 4.16. The summed E-state index contributed by atoms with van der Waals surface area (Å²) in [6.45, 7) is 10.6. The Kier molecular flexibility index (Phi) is 6.41. The van der Waals surface area contributed by atoms with Crippen LogP contribution in [0, 0.1) is 13.8 Å². The molecule has 0 saturated carbocycles. The van der Waals surface area contributed by atoms with Gasteiger partial charge >= 0.3 is 5.69 Å². The van der Waals surface area contributed by atoms with E-state index in [4.69, 9.17) is 0 Å². The topological polar surface area (TPSA) is 90.4 Å². The highest BCUT2D eigenvalue weighted by molar-refractivity contribution is 5.98. The number of amides is 1. The molecular formula is C26H31N5O3. The molecule has 8 nitrogen and oxygen atoms in total. The summed E-state index contributed by atoms with van der Waals surface area (Å²) in [6.07, 6.45) is 1.52. The van der Waals surface area contributed by atoms with Gasteiger partial charge in [-0.2, -0.15) is 0 Å². The second kappa shape index (κ2) is 9.29. The van der Waals surface area contributed by atoms with E-state index in [0.717, 1.165) is 23.1 Å². The summed E-state index contributed by atoms with van der Waals surface area (Å²) >= 11 is 0. The first-order valence-corrected chi connectivity index (χ1v) is 11.8. The van der Waals surface area contributed by atoms with Crippen molar-refractivity contribution in [2.45, 2.75) is 66.6 Å². The monoisotopic (exact) mass is 461 g/mol. The second-order valence-electron chi connectivity index (χ2n) is 8.98. The van der Waals surface area contributed by atoms with Gasteiger partial charge in [0, 0.05) is 18.2 Å². The number of nitrogens with one attached hydrogen (secondary N) is 1. The molecule has 0 saturated heterocycles. The highest BCUT2D eigenvalue weighted by Crippen LogP contribution is 2.16. The average Bonchev–Trinajstić information content (AvgIpc) is 3.14. The molecular weight excluding hydrogens is 430 g/mol. The lowest BCUT2D eigenvalue weighted by molar-refractivity contribution is 0.0939. The van der Waals surface area contributed by atoms with Crippen LogP contribution >= 0.6 is 0 Å². The molecule has 1 amide bonds. The van der Waals surface area contributed by atoms with Crippen LogP contribution in [0.25, 0.3) is 16.7 Å². The molecule has 8 heteroatoms. The van der Waals surface area contributed by atoms with Gasteiger partial charge in [-0.25, -0.2) is 13.9 Å². The Balaban J connectivity index is 1.96. The van der Waals surface area contributed by atoms with Crippen LogP contribution in [0.2, 0.25) is 0 Å². The van der Waals surface area contributed by atoms with Crippen LogP contribution in [0.15, 0.2) is 46.0 Å². The van der Waals surface area contributed by atoms with Gasteiger partial charge in [-0.05, 0) is 62.9 Å². The van der Waals surface area contributed by atoms with Crippen LogP contribution < -0.4 is 16.6 Å². The van der Waals surface area contributed by atoms with Crippen molar-refractivity contribution in [1.82, 2.24) is 24.1 Å². The molecule has 4 rings (SSSR count). The van der Waals surface area contributed by atoms with Crippen LogP contribution in [0.1, 0.15) is 60.7 Å². The van der Waals surface area contributed by atoms with Crippen molar-refractivity contribution in [3.8, 4) is 0 Å². The van der Waals surface area contributed by atoms with Gasteiger partial charge in [0.1, 0.15) is 0 Å². The number of hydrogen-bond acceptors (Lipinski definition) is 4. The molecule has 2 heterocycles. The highest BCUT2D eigenvalue weighted by atomic mass is 16.2. The predicted molar refractivity (Wildman–Crippen MR) is 134 cm³/mol. The van der Waals surface area contributed by atoms with E-state index in [2.05, 4.69) is 10.4 Å². The number of aromatic nitrogens is 4. The molecule has 2 aromatic heterocycles. The molecule has 1 unspecified atom stereocenters. The Hall–Kier alpha value is -3.68. The first kappa shape index (κ1) is 23.5. The minimum atomic E-state index is -0.342. The number of rotatable bonds is 7. The van der Waals surface area contributed by atoms with Gasteiger partial charge in [0.05, 0.1) is 17.4 Å². The summed E-state index contributed by atoms with van der Waals surface area (Å²) in [5, 5.41) is 7.90. The SMILES string of the molecule is CCCn1c(=O)c2ccc(C(=O)NC(C)CC)cc2n2c(=O)n(Cc3cc(C)ccc3C)nc12. The van der Waals surface area contributed by atoms with Crippen LogP contribution in [0.5, 0.6) is 0 Å². The average molecular weight is 462 g/mol. The second-order valence-corrected chi connectivity index (χ2v) is 8.98. The van der Waals surface area contributed by atoms with Gasteiger partial charge in [-0.3, -0.25) is 14.2 Å². The molecule has 0 radical (unpaired) electrons. The lowest BCUT2D eigenvalue weighted by Gasteiger charge is -2.13. The van der Waals surface area contributed by atoms with Crippen molar-refractivity contribution in [2.75, 3.05) is 0 Å². The third-order valence-corrected chi connectivity index (χ3v) is 6.30. The number of hydrogen-bond donors (Lipinski definition) is 1. The van der Waals surface area contributed by atoms with E-state index in [0.29, 0.717) is 36.0 Å². The summed E-state index contributed by atoms with van der Waals surface area (Å²) in [5.74, 6) is 0.0482. The molecule has 1 N–H and O–H groups in total. The van der Waals surface area contributed by atoms with E-state index < -0.39 is 0 Å². The molecule has 0 spiro atoms. The van der Waals surface area contributed by atoms with Crippen LogP contribution in [0.4, 0.5) is 0 Å². The van der Waals surface area contributed by atoms with E-state index in [1.165, 1.54) is 9.08 Å². The fraction of sp³-hybridized carbons (Fsp3) is 0.385. The quantitative estimate of drug-likeness (QED) is 0.457. The zero-order valence-electron chi connectivity index (χ0n) is 20.4. The molecule has 0 fully saturated rings. The Morgan fingerprint density at radius 1 is 1.09 bits per heavy atom. The lowest BCUT2D eigenvalue weighted by Crippen LogP contribution is -2.32. The van der Waals surface area contributed by atoms with Crippen molar-refractivity contribution >= 4 is 22.6 Å². The van der Waals surface area contributed by atoms with Gasteiger partial charge in [-0.1, -0.05) is 37.6 Å². The van der Waals surface area contributed by atoms with Crippen LogP contribution in [0.3, 0.4) is 0 Å². The first-order chi connectivity index (χ1) is 16.2. The maximum Gasteiger partial charge on any atom is 0.352 e. The Morgan fingerprint density at radius 2 is 1.85 bits per heavy atom. The van der Waals surface area contributed by atoms with Crippen molar-refractivity contribution in [2.24, 2.45) is 0 Å². The standard InChI is InChI=1S/C26H31N5O3/c1-6-12-29-24(33)21-11-10-19(23(32)27-18(5)7-2)14-22(21)31-25(29)28-30(26(31)34)15-20-13-16(3)8-9-17(20)4/h8-11,13-14,18H,6-7,12,15H2,1-5H3,(H,27,32). The minimum Gasteiger partial charge on any atom is -0.350 e. The summed E-state index contributed by atoms with van der Waals surface area (Å²) in [4.78, 5) is 39.6. The Labute approximate surface area is 197 Å². The molecule has 0 aliphatic rings. The Morgan fingerprint density at radius 3 is 2.56 bits per heavy atom. The molecule has 34 heavy (non-hydrogen) atoms. The molecule has 0 aliphatic carbocycles. The molecule has 4 aromatic rings. The highest BCUT2D eigenvalue weighted by Gasteiger charge is 2.19. The molecule has 1 atom stereocenters. The van der Waals surface area contributed by atoms with E-state index in [9.17, 15) is 14.4 Å². The number of benzene rings is 2. The van der Waals surface area contributed by atoms with Crippen molar-refractivity contribution in [1.29, 1.82) is 0 Å². The number of nitrogens with zero attached hydrogens (tertiary/aromatic N) is 4. The molecule has 0 bridgehead atoms. The van der Waals surface area contributed by atoms with E-state index in [-0.39, 0.29) is 29.0 Å². The van der Waals surface area contributed by atoms with Gasteiger partial charge < -0.3 is 5.32 Å². The van der Waals surface area contributed by atoms with Crippen molar-refractivity contribution in [3.63, 3.8) is 0 Å². The smallest absolute Gasteiger partial charge is 0.350 e.